The van der Waals surface area contributed by atoms with Gasteiger partial charge in [0.05, 0.1) is 11.3 Å². The van der Waals surface area contributed by atoms with Crippen LogP contribution in [0.25, 0.3) is 0 Å². The van der Waals surface area contributed by atoms with E-state index in [-0.39, 0.29) is 0 Å². The van der Waals surface area contributed by atoms with Crippen LogP contribution in [0, 0.1) is 52.9 Å². The van der Waals surface area contributed by atoms with E-state index in [2.05, 4.69) is 68.3 Å². The van der Waals surface area contributed by atoms with Crippen molar-refractivity contribution in [3.8, 4) is 6.07 Å². The van der Waals surface area contributed by atoms with Crippen molar-refractivity contribution in [3.05, 3.63) is 69.4 Å². The molecule has 0 radical (unpaired) electrons. The molecule has 0 unspecified atom stereocenters. The van der Waals surface area contributed by atoms with Crippen LogP contribution in [0.4, 0.5) is 11.4 Å². The fraction of sp³-hybridized carbons (Fsp3) is 0.273. The molecule has 0 saturated heterocycles. The van der Waals surface area contributed by atoms with Gasteiger partial charge in [0.25, 0.3) is 0 Å². The number of nitrogens with one attached hydrogen (secondary N) is 1. The highest BCUT2D eigenvalue weighted by Gasteiger charge is 2.04. The van der Waals surface area contributed by atoms with Crippen molar-refractivity contribution in [1.82, 2.24) is 0 Å². The van der Waals surface area contributed by atoms with Crippen LogP contribution < -0.4 is 5.32 Å². The highest BCUT2D eigenvalue weighted by molar-refractivity contribution is 5.87. The lowest BCUT2D eigenvalue weighted by atomic mass is 10.1. The number of rotatable bonds is 4. The van der Waals surface area contributed by atoms with Crippen molar-refractivity contribution in [2.75, 3.05) is 5.32 Å². The van der Waals surface area contributed by atoms with E-state index >= 15 is 0 Å². The molecule has 0 atom stereocenters. The Morgan fingerprint density at radius 2 is 1.36 bits per heavy atom. The maximum Gasteiger partial charge on any atom is 0.102 e. The molecule has 0 bridgehead atoms. The van der Waals surface area contributed by atoms with Crippen molar-refractivity contribution in [1.29, 1.82) is 5.26 Å². The van der Waals surface area contributed by atoms with Crippen LogP contribution in [0.2, 0.25) is 0 Å². The van der Waals surface area contributed by atoms with E-state index in [1.54, 1.807) is 12.4 Å². The second kappa shape index (κ2) is 7.81. The van der Waals surface area contributed by atoms with Gasteiger partial charge >= 0.3 is 0 Å². The molecule has 3 heteroatoms. The maximum atomic E-state index is 9.40. The third kappa shape index (κ3) is 4.58. The topological polar surface area (TPSA) is 48.2 Å². The van der Waals surface area contributed by atoms with Crippen molar-refractivity contribution < 1.29 is 0 Å². The third-order valence-corrected chi connectivity index (χ3v) is 4.15. The Morgan fingerprint density at radius 1 is 0.880 bits per heavy atom. The van der Waals surface area contributed by atoms with Gasteiger partial charge in [-0.15, -0.1) is 0 Å². The number of anilines is 1. The second-order valence-corrected chi connectivity index (χ2v) is 6.64. The van der Waals surface area contributed by atoms with Crippen LogP contribution in [0.3, 0.4) is 0 Å². The average Bonchev–Trinajstić information content (AvgIpc) is 2.50. The first-order valence-corrected chi connectivity index (χ1v) is 8.38. The minimum absolute atomic E-state index is 0.485. The third-order valence-electron chi connectivity index (χ3n) is 4.15. The number of nitrogens with zero attached hydrogens (tertiary/aromatic N) is 2. The molecule has 2 aromatic rings. The molecule has 0 aliphatic rings. The van der Waals surface area contributed by atoms with Gasteiger partial charge in [0.15, 0.2) is 0 Å². The SMILES string of the molecule is Cc1cc(C)c(N=C/C(C#N)=C\Nc2c(C)cc(C)cc2C)c(C)c1. The standard InChI is InChI=1S/C22H25N3/c1-14-7-16(3)21(17(4)8-14)24-12-20(11-23)13-25-22-18(5)9-15(2)10-19(22)6/h7-10,12-13,24H,1-6H3/b20-12-,25-13?. The summed E-state index contributed by atoms with van der Waals surface area (Å²) in [5.41, 5.74) is 9.45. The van der Waals surface area contributed by atoms with Gasteiger partial charge in [-0.2, -0.15) is 5.26 Å². The summed E-state index contributed by atoms with van der Waals surface area (Å²) < 4.78 is 0. The van der Waals surface area contributed by atoms with Crippen molar-refractivity contribution in [3.63, 3.8) is 0 Å². The maximum absolute atomic E-state index is 9.40. The lowest BCUT2D eigenvalue weighted by molar-refractivity contribution is 1.29. The Bertz CT molecular complexity index is 850. The summed E-state index contributed by atoms with van der Waals surface area (Å²) in [5, 5.41) is 12.7. The van der Waals surface area contributed by atoms with Crippen LogP contribution in [0.5, 0.6) is 0 Å². The van der Waals surface area contributed by atoms with E-state index in [9.17, 15) is 5.26 Å². The van der Waals surface area contributed by atoms with Gasteiger partial charge in [-0.05, 0) is 63.8 Å². The van der Waals surface area contributed by atoms with Gasteiger partial charge in [-0.3, -0.25) is 4.99 Å². The van der Waals surface area contributed by atoms with Crippen molar-refractivity contribution >= 4 is 17.6 Å². The van der Waals surface area contributed by atoms with Crippen LogP contribution in [-0.4, -0.2) is 6.21 Å². The van der Waals surface area contributed by atoms with Crippen LogP contribution >= 0.6 is 0 Å². The summed E-state index contributed by atoms with van der Waals surface area (Å²) in [6.07, 6.45) is 3.34. The van der Waals surface area contributed by atoms with E-state index in [1.165, 1.54) is 11.1 Å². The molecule has 128 valence electrons. The Morgan fingerprint density at radius 3 is 1.84 bits per heavy atom. The summed E-state index contributed by atoms with van der Waals surface area (Å²) in [6, 6.07) is 10.7. The Kier molecular flexibility index (Phi) is 5.77. The molecule has 2 rings (SSSR count). The number of aryl methyl sites for hydroxylation is 6. The zero-order chi connectivity index (χ0) is 18.6. The van der Waals surface area contributed by atoms with Gasteiger partial charge in [0.2, 0.25) is 0 Å². The molecule has 0 spiro atoms. The Hall–Kier alpha value is -2.86. The number of benzene rings is 2. The zero-order valence-corrected chi connectivity index (χ0v) is 15.9. The first kappa shape index (κ1) is 18.5. The monoisotopic (exact) mass is 331 g/mol. The summed E-state index contributed by atoms with van der Waals surface area (Å²) in [6.45, 7) is 12.4. The minimum Gasteiger partial charge on any atom is -0.360 e. The lowest BCUT2D eigenvalue weighted by Gasteiger charge is -2.11. The minimum atomic E-state index is 0.485. The van der Waals surface area contributed by atoms with Crippen LogP contribution in [0.15, 0.2) is 41.0 Å². The number of aliphatic imine (C=N–C) groups is 1. The first-order chi connectivity index (χ1) is 11.8. The fourth-order valence-electron chi connectivity index (χ4n) is 3.17. The molecule has 0 heterocycles. The predicted octanol–water partition coefficient (Wildman–Crippen LogP) is 5.76. The van der Waals surface area contributed by atoms with Gasteiger partial charge in [-0.1, -0.05) is 35.4 Å². The number of nitriles is 1. The molecule has 0 amide bonds. The summed E-state index contributed by atoms with van der Waals surface area (Å²) in [5.74, 6) is 0. The molecule has 0 aliphatic carbocycles. The number of hydrogen-bond acceptors (Lipinski definition) is 3. The van der Waals surface area contributed by atoms with E-state index in [4.69, 9.17) is 0 Å². The van der Waals surface area contributed by atoms with Crippen molar-refractivity contribution in [2.24, 2.45) is 4.99 Å². The Labute approximate surface area is 150 Å². The summed E-state index contributed by atoms with van der Waals surface area (Å²) in [4.78, 5) is 4.53. The van der Waals surface area contributed by atoms with Gasteiger partial charge < -0.3 is 5.32 Å². The second-order valence-electron chi connectivity index (χ2n) is 6.64. The normalized spacial score (nSPS) is 11.6. The quantitative estimate of drug-likeness (QED) is 0.572. The zero-order valence-electron chi connectivity index (χ0n) is 15.9. The van der Waals surface area contributed by atoms with Gasteiger partial charge in [0.1, 0.15) is 6.07 Å². The molecule has 0 saturated carbocycles. The highest BCUT2D eigenvalue weighted by atomic mass is 14.9. The molecular weight excluding hydrogens is 306 g/mol. The molecule has 25 heavy (non-hydrogen) atoms. The van der Waals surface area contributed by atoms with E-state index in [0.29, 0.717) is 5.57 Å². The lowest BCUT2D eigenvalue weighted by Crippen LogP contribution is -1.97. The molecule has 0 aliphatic heterocycles. The molecule has 3 nitrogen and oxygen atoms in total. The first-order valence-electron chi connectivity index (χ1n) is 8.38. The van der Waals surface area contributed by atoms with Gasteiger partial charge in [-0.25, -0.2) is 0 Å². The average molecular weight is 331 g/mol. The van der Waals surface area contributed by atoms with Crippen molar-refractivity contribution in [2.45, 2.75) is 41.5 Å². The molecule has 1 N–H and O–H groups in total. The number of allylic oxidation sites excluding steroid dienone is 1. The predicted molar refractivity (Wildman–Crippen MR) is 107 cm³/mol. The van der Waals surface area contributed by atoms with Gasteiger partial charge in [0, 0.05) is 18.1 Å². The molecule has 0 fully saturated rings. The molecule has 0 aromatic heterocycles. The van der Waals surface area contributed by atoms with E-state index < -0.39 is 0 Å². The fourth-order valence-corrected chi connectivity index (χ4v) is 3.17. The number of hydrogen-bond donors (Lipinski definition) is 1. The smallest absolute Gasteiger partial charge is 0.102 e. The van der Waals surface area contributed by atoms with E-state index in [0.717, 1.165) is 33.6 Å². The Balaban J connectivity index is 2.27. The van der Waals surface area contributed by atoms with Crippen LogP contribution in [-0.2, 0) is 0 Å². The van der Waals surface area contributed by atoms with E-state index in [1.807, 2.05) is 13.8 Å². The molecular formula is C22H25N3. The highest BCUT2D eigenvalue weighted by Crippen LogP contribution is 2.25. The molecule has 2 aromatic carbocycles. The largest absolute Gasteiger partial charge is 0.360 e. The summed E-state index contributed by atoms with van der Waals surface area (Å²) in [7, 11) is 0. The summed E-state index contributed by atoms with van der Waals surface area (Å²) >= 11 is 0. The van der Waals surface area contributed by atoms with Crippen LogP contribution in [0.1, 0.15) is 33.4 Å².